The fourth-order valence-corrected chi connectivity index (χ4v) is 1.71. The van der Waals surface area contributed by atoms with Crippen molar-refractivity contribution in [3.63, 3.8) is 0 Å². The Hall–Kier alpha value is -1.72. The third-order valence-corrected chi connectivity index (χ3v) is 2.79. The number of ether oxygens (including phenoxy) is 1. The Bertz CT molecular complexity index is 455. The molecule has 6 heteroatoms. The number of hydrogen-bond donors (Lipinski definition) is 1. The second kappa shape index (κ2) is 7.17. The Morgan fingerprint density at radius 3 is 2.50 bits per heavy atom. The van der Waals surface area contributed by atoms with Gasteiger partial charge in [0, 0.05) is 0 Å². The predicted octanol–water partition coefficient (Wildman–Crippen LogP) is 4.36. The summed E-state index contributed by atoms with van der Waals surface area (Å²) in [6.45, 7) is 2.35. The topological polar surface area (TPSA) is 46.5 Å². The van der Waals surface area contributed by atoms with Crippen LogP contribution in [0.2, 0.25) is 0 Å². The standard InChI is InChI=1S/C14H17F3O3/c1-2-3-4-5-8-20-12-7-6-10(14(15,16)17)9-11(12)13(18)19/h6-7,9H,2-5,8H2,1H3,(H,18,19). The summed E-state index contributed by atoms with van der Waals surface area (Å²) in [5, 5.41) is 8.95. The molecule has 0 saturated carbocycles. The SMILES string of the molecule is CCCCCCOc1ccc(C(F)(F)F)cc1C(=O)O. The van der Waals surface area contributed by atoms with Crippen LogP contribution in [0.1, 0.15) is 48.5 Å². The Morgan fingerprint density at radius 1 is 1.25 bits per heavy atom. The highest BCUT2D eigenvalue weighted by Gasteiger charge is 2.32. The minimum Gasteiger partial charge on any atom is -0.493 e. The maximum Gasteiger partial charge on any atom is 0.416 e. The number of carboxylic acids is 1. The number of benzene rings is 1. The van der Waals surface area contributed by atoms with E-state index in [2.05, 4.69) is 6.92 Å². The van der Waals surface area contributed by atoms with E-state index in [1.807, 2.05) is 0 Å². The average molecular weight is 290 g/mol. The molecule has 0 atom stereocenters. The quantitative estimate of drug-likeness (QED) is 0.759. The third-order valence-electron chi connectivity index (χ3n) is 2.79. The van der Waals surface area contributed by atoms with Crippen molar-refractivity contribution < 1.29 is 27.8 Å². The molecule has 1 N–H and O–H groups in total. The lowest BCUT2D eigenvalue weighted by Gasteiger charge is -2.12. The summed E-state index contributed by atoms with van der Waals surface area (Å²) >= 11 is 0. The zero-order chi connectivity index (χ0) is 15.2. The van der Waals surface area contributed by atoms with Crippen molar-refractivity contribution in [1.82, 2.24) is 0 Å². The minimum atomic E-state index is -4.57. The van der Waals surface area contributed by atoms with Crippen LogP contribution in [0.15, 0.2) is 18.2 Å². The first-order valence-electron chi connectivity index (χ1n) is 6.43. The largest absolute Gasteiger partial charge is 0.493 e. The van der Waals surface area contributed by atoms with E-state index >= 15 is 0 Å². The first kappa shape index (κ1) is 16.3. The molecule has 0 spiro atoms. The maximum atomic E-state index is 12.5. The number of rotatable bonds is 7. The van der Waals surface area contributed by atoms with Gasteiger partial charge in [-0.05, 0) is 24.6 Å². The van der Waals surface area contributed by atoms with Crippen molar-refractivity contribution in [3.05, 3.63) is 29.3 Å². The molecule has 1 aromatic rings. The van der Waals surface area contributed by atoms with Crippen LogP contribution in [-0.2, 0) is 6.18 Å². The van der Waals surface area contributed by atoms with Crippen LogP contribution >= 0.6 is 0 Å². The summed E-state index contributed by atoms with van der Waals surface area (Å²) in [6, 6.07) is 2.49. The van der Waals surface area contributed by atoms with E-state index in [1.165, 1.54) is 0 Å². The number of hydrogen-bond acceptors (Lipinski definition) is 2. The maximum absolute atomic E-state index is 12.5. The lowest BCUT2D eigenvalue weighted by atomic mass is 10.1. The molecule has 0 heterocycles. The van der Waals surface area contributed by atoms with Crippen LogP contribution in [0.5, 0.6) is 5.75 Å². The van der Waals surface area contributed by atoms with Crippen molar-refractivity contribution in [2.45, 2.75) is 38.8 Å². The first-order chi connectivity index (χ1) is 9.36. The molecule has 20 heavy (non-hydrogen) atoms. The number of carboxylic acid groups (broad SMARTS) is 1. The van der Waals surface area contributed by atoms with Crippen LogP contribution < -0.4 is 4.74 Å². The molecule has 1 aromatic carbocycles. The molecule has 0 bridgehead atoms. The van der Waals surface area contributed by atoms with Crippen LogP contribution in [0.25, 0.3) is 0 Å². The molecule has 0 unspecified atom stereocenters. The Labute approximate surface area is 115 Å². The van der Waals surface area contributed by atoms with Gasteiger partial charge < -0.3 is 9.84 Å². The van der Waals surface area contributed by atoms with Gasteiger partial charge in [0.15, 0.2) is 0 Å². The Kier molecular flexibility index (Phi) is 5.85. The van der Waals surface area contributed by atoms with Crippen LogP contribution in [0.4, 0.5) is 13.2 Å². The number of aromatic carboxylic acids is 1. The van der Waals surface area contributed by atoms with Gasteiger partial charge in [0.05, 0.1) is 12.2 Å². The van der Waals surface area contributed by atoms with Gasteiger partial charge in [0.2, 0.25) is 0 Å². The van der Waals surface area contributed by atoms with E-state index in [1.54, 1.807) is 0 Å². The zero-order valence-corrected chi connectivity index (χ0v) is 11.2. The molecule has 0 amide bonds. The molecule has 0 aliphatic heterocycles. The van der Waals surface area contributed by atoms with Crippen molar-refractivity contribution in [1.29, 1.82) is 0 Å². The summed E-state index contributed by atoms with van der Waals surface area (Å²) in [6.07, 6.45) is -0.778. The highest BCUT2D eigenvalue weighted by atomic mass is 19.4. The third kappa shape index (κ3) is 4.75. The fourth-order valence-electron chi connectivity index (χ4n) is 1.71. The normalized spacial score (nSPS) is 11.4. The number of alkyl halides is 3. The van der Waals surface area contributed by atoms with E-state index in [-0.39, 0.29) is 5.75 Å². The Morgan fingerprint density at radius 2 is 1.95 bits per heavy atom. The predicted molar refractivity (Wildman–Crippen MR) is 68.0 cm³/mol. The summed E-state index contributed by atoms with van der Waals surface area (Å²) in [5.74, 6) is -1.46. The van der Waals surface area contributed by atoms with Gasteiger partial charge >= 0.3 is 12.1 Å². The lowest BCUT2D eigenvalue weighted by Crippen LogP contribution is -2.10. The lowest BCUT2D eigenvalue weighted by molar-refractivity contribution is -0.137. The molecule has 0 saturated heterocycles. The van der Waals surface area contributed by atoms with E-state index < -0.39 is 23.3 Å². The van der Waals surface area contributed by atoms with Gasteiger partial charge in [0.1, 0.15) is 11.3 Å². The summed E-state index contributed by atoms with van der Waals surface area (Å²) in [4.78, 5) is 11.0. The minimum absolute atomic E-state index is 0.0259. The Balaban J connectivity index is 2.78. The monoisotopic (exact) mass is 290 g/mol. The summed E-state index contributed by atoms with van der Waals surface area (Å²) in [7, 11) is 0. The van der Waals surface area contributed by atoms with Gasteiger partial charge in [-0.2, -0.15) is 13.2 Å². The van der Waals surface area contributed by atoms with Gasteiger partial charge in [-0.25, -0.2) is 4.79 Å². The van der Waals surface area contributed by atoms with E-state index in [4.69, 9.17) is 9.84 Å². The van der Waals surface area contributed by atoms with Gasteiger partial charge in [0.25, 0.3) is 0 Å². The van der Waals surface area contributed by atoms with Crippen molar-refractivity contribution >= 4 is 5.97 Å². The fraction of sp³-hybridized carbons (Fsp3) is 0.500. The number of carbonyl (C=O) groups is 1. The van der Waals surface area contributed by atoms with E-state index in [0.717, 1.165) is 37.8 Å². The summed E-state index contributed by atoms with van der Waals surface area (Å²) in [5.41, 5.74) is -1.46. The first-order valence-corrected chi connectivity index (χ1v) is 6.43. The van der Waals surface area contributed by atoms with Gasteiger partial charge in [-0.3, -0.25) is 0 Å². The molecule has 0 aliphatic rings. The second-order valence-corrected chi connectivity index (χ2v) is 4.42. The molecular formula is C14H17F3O3. The smallest absolute Gasteiger partial charge is 0.416 e. The molecular weight excluding hydrogens is 273 g/mol. The average Bonchev–Trinajstić information content (AvgIpc) is 2.37. The van der Waals surface area contributed by atoms with Crippen molar-refractivity contribution in [3.8, 4) is 5.75 Å². The molecule has 0 fully saturated rings. The van der Waals surface area contributed by atoms with Crippen molar-refractivity contribution in [2.75, 3.05) is 6.61 Å². The van der Waals surface area contributed by atoms with E-state index in [0.29, 0.717) is 12.7 Å². The molecule has 1 rings (SSSR count). The van der Waals surface area contributed by atoms with Crippen molar-refractivity contribution in [2.24, 2.45) is 0 Å². The number of unbranched alkanes of at least 4 members (excludes halogenated alkanes) is 3. The number of halogens is 3. The molecule has 0 aromatic heterocycles. The molecule has 0 aliphatic carbocycles. The molecule has 0 radical (unpaired) electrons. The van der Waals surface area contributed by atoms with Gasteiger partial charge in [-0.15, -0.1) is 0 Å². The van der Waals surface area contributed by atoms with Crippen LogP contribution in [-0.4, -0.2) is 17.7 Å². The molecule has 3 nitrogen and oxygen atoms in total. The molecule has 112 valence electrons. The van der Waals surface area contributed by atoms with Crippen LogP contribution in [0.3, 0.4) is 0 Å². The summed E-state index contributed by atoms with van der Waals surface area (Å²) < 4.78 is 42.8. The van der Waals surface area contributed by atoms with E-state index in [9.17, 15) is 18.0 Å². The van der Waals surface area contributed by atoms with Crippen LogP contribution in [0, 0.1) is 0 Å². The highest BCUT2D eigenvalue weighted by Crippen LogP contribution is 2.32. The highest BCUT2D eigenvalue weighted by molar-refractivity contribution is 5.91. The van der Waals surface area contributed by atoms with Gasteiger partial charge in [-0.1, -0.05) is 26.2 Å². The zero-order valence-electron chi connectivity index (χ0n) is 11.2. The second-order valence-electron chi connectivity index (χ2n) is 4.42.